The summed E-state index contributed by atoms with van der Waals surface area (Å²) in [7, 11) is 0. The maximum atomic E-state index is 12.9. The van der Waals surface area contributed by atoms with Crippen LogP contribution in [-0.4, -0.2) is 42.1 Å². The number of rotatable bonds is 4. The van der Waals surface area contributed by atoms with Crippen molar-refractivity contribution in [2.45, 2.75) is 32.4 Å². The second-order valence-electron chi connectivity index (χ2n) is 5.87. The van der Waals surface area contributed by atoms with Crippen LogP contribution in [0.25, 0.3) is 0 Å². The molecular formula is C16H19N3O5. The topological polar surface area (TPSA) is 97.0 Å². The van der Waals surface area contributed by atoms with Gasteiger partial charge < -0.3 is 20.1 Å². The second-order valence-corrected chi connectivity index (χ2v) is 5.87. The van der Waals surface area contributed by atoms with E-state index in [1.807, 2.05) is 0 Å². The number of fused-ring (bicyclic) bond motifs is 1. The number of ether oxygens (including phenoxy) is 2. The molecule has 2 atom stereocenters. The van der Waals surface area contributed by atoms with Crippen molar-refractivity contribution in [3.05, 3.63) is 23.8 Å². The van der Waals surface area contributed by atoms with Gasteiger partial charge in [0, 0.05) is 6.54 Å². The molecule has 2 aliphatic heterocycles. The van der Waals surface area contributed by atoms with Gasteiger partial charge in [-0.25, -0.2) is 9.69 Å². The first-order chi connectivity index (χ1) is 11.4. The minimum absolute atomic E-state index is 0.121. The molecule has 1 fully saturated rings. The van der Waals surface area contributed by atoms with Gasteiger partial charge in [0.1, 0.15) is 11.6 Å². The van der Waals surface area contributed by atoms with Gasteiger partial charge in [-0.2, -0.15) is 0 Å². The number of likely N-dealkylation sites (N-methyl/N-ethyl adjacent to an activating group) is 1. The summed E-state index contributed by atoms with van der Waals surface area (Å²) in [6, 6.07) is 3.57. The molecule has 24 heavy (non-hydrogen) atoms. The third-order valence-electron chi connectivity index (χ3n) is 4.29. The number of hydrogen-bond donors (Lipinski definition) is 2. The van der Waals surface area contributed by atoms with Crippen molar-refractivity contribution in [3.63, 3.8) is 0 Å². The van der Waals surface area contributed by atoms with E-state index in [4.69, 9.17) is 9.47 Å². The van der Waals surface area contributed by atoms with Crippen molar-refractivity contribution < 1.29 is 23.9 Å². The standard InChI is InChI=1S/C16H19N3O5/c1-4-17-13(20)9(2)19-14(21)16(3,18-15(19)22)10-5-6-11-12(7-10)24-8-23-11/h5-7,9H,4,8H2,1-3H3,(H,17,20)(H,18,22)/t9-,16-/m0/s1. The Bertz CT molecular complexity index is 720. The summed E-state index contributed by atoms with van der Waals surface area (Å²) in [6.07, 6.45) is 0. The maximum absolute atomic E-state index is 12.9. The van der Waals surface area contributed by atoms with Crippen molar-refractivity contribution in [2.75, 3.05) is 13.3 Å². The number of imide groups is 1. The number of benzene rings is 1. The molecule has 0 bridgehead atoms. The molecule has 1 aromatic carbocycles. The molecule has 2 heterocycles. The van der Waals surface area contributed by atoms with E-state index in [1.54, 1.807) is 32.0 Å². The number of amides is 4. The molecular weight excluding hydrogens is 314 g/mol. The van der Waals surface area contributed by atoms with Gasteiger partial charge >= 0.3 is 6.03 Å². The molecule has 8 nitrogen and oxygen atoms in total. The predicted molar refractivity (Wildman–Crippen MR) is 83.4 cm³/mol. The van der Waals surface area contributed by atoms with Gasteiger partial charge in [-0.15, -0.1) is 0 Å². The van der Waals surface area contributed by atoms with Crippen LogP contribution in [0, 0.1) is 0 Å². The summed E-state index contributed by atoms with van der Waals surface area (Å²) in [5.41, 5.74) is -0.700. The van der Waals surface area contributed by atoms with Crippen LogP contribution in [0.2, 0.25) is 0 Å². The number of nitrogens with one attached hydrogen (secondary N) is 2. The minimum Gasteiger partial charge on any atom is -0.454 e. The Balaban J connectivity index is 1.91. The van der Waals surface area contributed by atoms with Gasteiger partial charge in [-0.3, -0.25) is 9.59 Å². The molecule has 4 amide bonds. The van der Waals surface area contributed by atoms with Crippen molar-refractivity contribution >= 4 is 17.8 Å². The van der Waals surface area contributed by atoms with Gasteiger partial charge in [0.25, 0.3) is 5.91 Å². The quantitative estimate of drug-likeness (QED) is 0.791. The van der Waals surface area contributed by atoms with Crippen LogP contribution in [0.4, 0.5) is 4.79 Å². The van der Waals surface area contributed by atoms with Crippen LogP contribution in [-0.2, 0) is 15.1 Å². The third-order valence-corrected chi connectivity index (χ3v) is 4.29. The van der Waals surface area contributed by atoms with Crippen molar-refractivity contribution in [1.29, 1.82) is 0 Å². The lowest BCUT2D eigenvalue weighted by atomic mass is 9.91. The van der Waals surface area contributed by atoms with Gasteiger partial charge in [0.15, 0.2) is 11.5 Å². The van der Waals surface area contributed by atoms with Gasteiger partial charge in [0.05, 0.1) is 0 Å². The van der Waals surface area contributed by atoms with E-state index < -0.39 is 23.5 Å². The number of hydrogen-bond acceptors (Lipinski definition) is 5. The molecule has 0 spiro atoms. The third kappa shape index (κ3) is 2.34. The fraction of sp³-hybridized carbons (Fsp3) is 0.438. The van der Waals surface area contributed by atoms with E-state index >= 15 is 0 Å². The van der Waals surface area contributed by atoms with Crippen molar-refractivity contribution in [2.24, 2.45) is 0 Å². The van der Waals surface area contributed by atoms with E-state index in [0.717, 1.165) is 4.90 Å². The molecule has 8 heteroatoms. The molecule has 0 saturated carbocycles. The molecule has 0 radical (unpaired) electrons. The fourth-order valence-corrected chi connectivity index (χ4v) is 2.85. The van der Waals surface area contributed by atoms with Crippen LogP contribution < -0.4 is 20.1 Å². The predicted octanol–water partition coefficient (Wildman–Crippen LogP) is 0.707. The Morgan fingerprint density at radius 1 is 1.38 bits per heavy atom. The van der Waals surface area contributed by atoms with E-state index in [1.165, 1.54) is 6.92 Å². The molecule has 0 aliphatic carbocycles. The Morgan fingerprint density at radius 2 is 2.08 bits per heavy atom. The van der Waals surface area contributed by atoms with E-state index in [-0.39, 0.29) is 12.7 Å². The number of nitrogens with zero attached hydrogens (tertiary/aromatic N) is 1. The first-order valence-corrected chi connectivity index (χ1v) is 7.72. The van der Waals surface area contributed by atoms with Crippen LogP contribution >= 0.6 is 0 Å². The molecule has 128 valence electrons. The molecule has 1 aromatic rings. The number of carbonyl (C=O) groups is 3. The molecule has 2 aliphatic rings. The highest BCUT2D eigenvalue weighted by Crippen LogP contribution is 2.38. The second kappa shape index (κ2) is 5.70. The summed E-state index contributed by atoms with van der Waals surface area (Å²) >= 11 is 0. The molecule has 2 N–H and O–H groups in total. The lowest BCUT2D eigenvalue weighted by Gasteiger charge is -2.24. The Labute approximate surface area is 139 Å². The summed E-state index contributed by atoms with van der Waals surface area (Å²) in [5.74, 6) is 0.249. The molecule has 3 rings (SSSR count). The average molecular weight is 333 g/mol. The lowest BCUT2D eigenvalue weighted by Crippen LogP contribution is -2.49. The van der Waals surface area contributed by atoms with Crippen LogP contribution in [0.15, 0.2) is 18.2 Å². The summed E-state index contributed by atoms with van der Waals surface area (Å²) < 4.78 is 10.6. The number of urea groups is 1. The Morgan fingerprint density at radius 3 is 2.79 bits per heavy atom. The van der Waals surface area contributed by atoms with E-state index in [9.17, 15) is 14.4 Å². The summed E-state index contributed by atoms with van der Waals surface area (Å²) in [4.78, 5) is 38.1. The zero-order valence-electron chi connectivity index (χ0n) is 13.7. The Kier molecular flexibility index (Phi) is 3.82. The summed E-state index contributed by atoms with van der Waals surface area (Å²) in [5, 5.41) is 5.29. The summed E-state index contributed by atoms with van der Waals surface area (Å²) in [6.45, 7) is 5.44. The van der Waals surface area contributed by atoms with E-state index in [0.29, 0.717) is 23.6 Å². The van der Waals surface area contributed by atoms with Gasteiger partial charge in [0.2, 0.25) is 12.7 Å². The zero-order chi connectivity index (χ0) is 17.5. The maximum Gasteiger partial charge on any atom is 0.326 e. The monoisotopic (exact) mass is 333 g/mol. The van der Waals surface area contributed by atoms with Crippen molar-refractivity contribution in [3.8, 4) is 11.5 Å². The average Bonchev–Trinajstić information content (AvgIpc) is 3.10. The number of carbonyl (C=O) groups excluding carboxylic acids is 3. The smallest absolute Gasteiger partial charge is 0.326 e. The zero-order valence-corrected chi connectivity index (χ0v) is 13.7. The SMILES string of the molecule is CCNC(=O)[C@H](C)N1C(=O)N[C@@](C)(c2ccc3c(c2)OCO3)C1=O. The minimum atomic E-state index is -1.27. The Hall–Kier alpha value is -2.77. The highest BCUT2D eigenvalue weighted by Gasteiger charge is 2.52. The molecule has 0 aromatic heterocycles. The van der Waals surface area contributed by atoms with Gasteiger partial charge in [-0.1, -0.05) is 6.07 Å². The van der Waals surface area contributed by atoms with Crippen LogP contribution in [0.1, 0.15) is 26.3 Å². The first-order valence-electron chi connectivity index (χ1n) is 7.72. The van der Waals surface area contributed by atoms with Crippen molar-refractivity contribution in [1.82, 2.24) is 15.5 Å². The van der Waals surface area contributed by atoms with Crippen LogP contribution in [0.3, 0.4) is 0 Å². The lowest BCUT2D eigenvalue weighted by molar-refractivity contribution is -0.137. The normalized spacial score (nSPS) is 23.2. The highest BCUT2D eigenvalue weighted by atomic mass is 16.7. The largest absolute Gasteiger partial charge is 0.454 e. The van der Waals surface area contributed by atoms with Crippen LogP contribution in [0.5, 0.6) is 11.5 Å². The molecule has 1 saturated heterocycles. The fourth-order valence-electron chi connectivity index (χ4n) is 2.85. The first kappa shape index (κ1) is 16.1. The van der Waals surface area contributed by atoms with E-state index in [2.05, 4.69) is 10.6 Å². The van der Waals surface area contributed by atoms with Gasteiger partial charge in [-0.05, 0) is 38.5 Å². The highest BCUT2D eigenvalue weighted by molar-refractivity contribution is 6.10. The molecule has 0 unspecified atom stereocenters.